The Morgan fingerprint density at radius 1 is 1.26 bits per heavy atom. The van der Waals surface area contributed by atoms with Crippen LogP contribution in [-0.4, -0.2) is 10.9 Å². The van der Waals surface area contributed by atoms with Crippen LogP contribution in [0.25, 0.3) is 0 Å². The van der Waals surface area contributed by atoms with E-state index in [1.807, 2.05) is 13.0 Å². The molecule has 1 aromatic carbocycles. The zero-order valence-corrected chi connectivity index (χ0v) is 13.8. The molecule has 0 aliphatic carbocycles. The Morgan fingerprint density at radius 2 is 2.00 bits per heavy atom. The van der Waals surface area contributed by atoms with Gasteiger partial charge in [0.25, 0.3) is 5.91 Å². The predicted octanol–water partition coefficient (Wildman–Crippen LogP) is 4.82. The van der Waals surface area contributed by atoms with Gasteiger partial charge >= 0.3 is 0 Å². The van der Waals surface area contributed by atoms with Crippen LogP contribution in [0.5, 0.6) is 0 Å². The molecule has 19 heavy (non-hydrogen) atoms. The highest BCUT2D eigenvalue weighted by atomic mass is 79.9. The van der Waals surface area contributed by atoms with E-state index in [9.17, 15) is 4.79 Å². The molecular formula is C13H9Br2ClN2O. The maximum atomic E-state index is 12.1. The molecule has 2 rings (SSSR count). The number of rotatable bonds is 2. The molecule has 0 aliphatic heterocycles. The van der Waals surface area contributed by atoms with E-state index >= 15 is 0 Å². The molecule has 0 saturated carbocycles. The van der Waals surface area contributed by atoms with Crippen LogP contribution in [0.15, 0.2) is 39.3 Å². The van der Waals surface area contributed by atoms with Crippen molar-refractivity contribution < 1.29 is 4.79 Å². The number of hydrogen-bond acceptors (Lipinski definition) is 2. The summed E-state index contributed by atoms with van der Waals surface area (Å²) in [4.78, 5) is 16.3. The quantitative estimate of drug-likeness (QED) is 0.780. The fraction of sp³-hybridized carbons (Fsp3) is 0.0769. The van der Waals surface area contributed by atoms with Crippen molar-refractivity contribution in [3.63, 3.8) is 0 Å². The maximum Gasteiger partial charge on any atom is 0.258 e. The van der Waals surface area contributed by atoms with Gasteiger partial charge in [0.15, 0.2) is 0 Å². The molecule has 0 unspecified atom stereocenters. The average molecular weight is 404 g/mol. The van der Waals surface area contributed by atoms with E-state index in [-0.39, 0.29) is 5.91 Å². The summed E-state index contributed by atoms with van der Waals surface area (Å²) in [7, 11) is 0. The van der Waals surface area contributed by atoms with E-state index in [1.165, 1.54) is 0 Å². The van der Waals surface area contributed by atoms with Crippen LogP contribution in [0.4, 0.5) is 5.82 Å². The van der Waals surface area contributed by atoms with Gasteiger partial charge in [0.1, 0.15) is 5.82 Å². The number of anilines is 1. The van der Waals surface area contributed by atoms with Crippen molar-refractivity contribution >= 4 is 55.2 Å². The molecule has 1 aromatic heterocycles. The fourth-order valence-corrected chi connectivity index (χ4v) is 2.45. The van der Waals surface area contributed by atoms with Gasteiger partial charge in [-0.2, -0.15) is 0 Å². The van der Waals surface area contributed by atoms with Gasteiger partial charge in [-0.3, -0.25) is 4.79 Å². The number of halogens is 3. The lowest BCUT2D eigenvalue weighted by Gasteiger charge is -2.07. The Hall–Kier alpha value is -0.910. The number of aromatic nitrogens is 1. The smallest absolute Gasteiger partial charge is 0.258 e. The number of pyridine rings is 1. The standard InChI is InChI=1S/C13H9Br2ClN2O/c1-7-10(15)4-5-12(17-7)18-13(19)9-3-2-8(14)6-11(9)16/h2-6H,1H3,(H,17,18,19). The van der Waals surface area contributed by atoms with Gasteiger partial charge in [0.2, 0.25) is 0 Å². The second-order valence-corrected chi connectivity index (χ2v) is 6.02. The van der Waals surface area contributed by atoms with E-state index in [0.717, 1.165) is 14.6 Å². The SMILES string of the molecule is Cc1nc(NC(=O)c2ccc(Br)cc2Cl)ccc1Br. The van der Waals surface area contributed by atoms with Crippen molar-refractivity contribution in [2.24, 2.45) is 0 Å². The Morgan fingerprint density at radius 3 is 2.63 bits per heavy atom. The van der Waals surface area contributed by atoms with Crippen molar-refractivity contribution in [2.45, 2.75) is 6.92 Å². The molecule has 0 atom stereocenters. The Kier molecular flexibility index (Phi) is 4.60. The fourth-order valence-electron chi connectivity index (χ4n) is 1.47. The molecule has 0 aliphatic rings. The number of carbonyl (C=O) groups is 1. The number of benzene rings is 1. The summed E-state index contributed by atoms with van der Waals surface area (Å²) in [6, 6.07) is 8.66. The zero-order valence-electron chi connectivity index (χ0n) is 9.88. The highest BCUT2D eigenvalue weighted by Gasteiger charge is 2.11. The number of amides is 1. The molecule has 0 fully saturated rings. The van der Waals surface area contributed by atoms with Crippen LogP contribution < -0.4 is 5.32 Å². The van der Waals surface area contributed by atoms with Crippen molar-refractivity contribution in [1.29, 1.82) is 0 Å². The van der Waals surface area contributed by atoms with Crippen molar-refractivity contribution in [2.75, 3.05) is 5.32 Å². The molecule has 98 valence electrons. The Bertz CT molecular complexity index is 647. The third-order valence-electron chi connectivity index (χ3n) is 2.44. The summed E-state index contributed by atoms with van der Waals surface area (Å²) in [5.74, 6) is 0.205. The highest BCUT2D eigenvalue weighted by molar-refractivity contribution is 9.10. The van der Waals surface area contributed by atoms with Crippen molar-refractivity contribution in [3.05, 3.63) is 55.6 Å². The molecule has 3 nitrogen and oxygen atoms in total. The Labute approximate surface area is 132 Å². The Balaban J connectivity index is 2.23. The van der Waals surface area contributed by atoms with Gasteiger partial charge in [0, 0.05) is 8.95 Å². The normalized spacial score (nSPS) is 10.3. The van der Waals surface area contributed by atoms with Gasteiger partial charge in [-0.1, -0.05) is 27.5 Å². The third-order valence-corrected chi connectivity index (χ3v) is 4.08. The lowest BCUT2D eigenvalue weighted by Crippen LogP contribution is -2.13. The van der Waals surface area contributed by atoms with Gasteiger partial charge in [0.05, 0.1) is 16.3 Å². The molecular weight excluding hydrogens is 395 g/mol. The van der Waals surface area contributed by atoms with Gasteiger partial charge < -0.3 is 5.32 Å². The first-order chi connectivity index (χ1) is 8.97. The molecule has 0 saturated heterocycles. The first-order valence-corrected chi connectivity index (χ1v) is 7.33. The minimum Gasteiger partial charge on any atom is -0.307 e. The monoisotopic (exact) mass is 402 g/mol. The topological polar surface area (TPSA) is 42.0 Å². The van der Waals surface area contributed by atoms with Gasteiger partial charge in [-0.15, -0.1) is 0 Å². The number of nitrogens with zero attached hydrogens (tertiary/aromatic N) is 1. The summed E-state index contributed by atoms with van der Waals surface area (Å²) in [6.07, 6.45) is 0. The second kappa shape index (κ2) is 6.03. The van der Waals surface area contributed by atoms with E-state index in [2.05, 4.69) is 42.2 Å². The largest absolute Gasteiger partial charge is 0.307 e. The first-order valence-electron chi connectivity index (χ1n) is 5.37. The molecule has 1 N–H and O–H groups in total. The van der Waals surface area contributed by atoms with Crippen LogP contribution >= 0.6 is 43.5 Å². The molecule has 6 heteroatoms. The molecule has 0 spiro atoms. The molecule has 2 aromatic rings. The van der Waals surface area contributed by atoms with E-state index < -0.39 is 0 Å². The first kappa shape index (κ1) is 14.5. The maximum absolute atomic E-state index is 12.1. The average Bonchev–Trinajstić information content (AvgIpc) is 2.33. The minimum atomic E-state index is -0.285. The van der Waals surface area contributed by atoms with Crippen LogP contribution in [0.3, 0.4) is 0 Å². The van der Waals surface area contributed by atoms with Crippen molar-refractivity contribution in [1.82, 2.24) is 4.98 Å². The summed E-state index contributed by atoms with van der Waals surface area (Å²) >= 11 is 12.7. The van der Waals surface area contributed by atoms with Crippen LogP contribution in [-0.2, 0) is 0 Å². The molecule has 1 amide bonds. The number of aryl methyl sites for hydroxylation is 1. The number of nitrogens with one attached hydrogen (secondary N) is 1. The van der Waals surface area contributed by atoms with E-state index in [0.29, 0.717) is 16.4 Å². The second-order valence-electron chi connectivity index (χ2n) is 3.84. The van der Waals surface area contributed by atoms with Crippen LogP contribution in [0.1, 0.15) is 16.1 Å². The zero-order chi connectivity index (χ0) is 14.0. The minimum absolute atomic E-state index is 0.285. The highest BCUT2D eigenvalue weighted by Crippen LogP contribution is 2.22. The van der Waals surface area contributed by atoms with Gasteiger partial charge in [-0.25, -0.2) is 4.98 Å². The summed E-state index contributed by atoms with van der Waals surface area (Å²) < 4.78 is 1.72. The van der Waals surface area contributed by atoms with Gasteiger partial charge in [-0.05, 0) is 53.2 Å². The van der Waals surface area contributed by atoms with Crippen molar-refractivity contribution in [3.8, 4) is 0 Å². The lowest BCUT2D eigenvalue weighted by atomic mass is 10.2. The number of hydrogen-bond donors (Lipinski definition) is 1. The number of carbonyl (C=O) groups excluding carboxylic acids is 1. The lowest BCUT2D eigenvalue weighted by molar-refractivity contribution is 0.102. The summed E-state index contributed by atoms with van der Waals surface area (Å²) in [6.45, 7) is 1.85. The molecule has 1 heterocycles. The summed E-state index contributed by atoms with van der Waals surface area (Å²) in [5, 5.41) is 3.11. The predicted molar refractivity (Wildman–Crippen MR) is 83.8 cm³/mol. The van der Waals surface area contributed by atoms with E-state index in [4.69, 9.17) is 11.6 Å². The van der Waals surface area contributed by atoms with E-state index in [1.54, 1.807) is 24.3 Å². The summed E-state index contributed by atoms with van der Waals surface area (Å²) in [5.41, 5.74) is 1.21. The van der Waals surface area contributed by atoms with Crippen LogP contribution in [0.2, 0.25) is 5.02 Å². The van der Waals surface area contributed by atoms with Crippen LogP contribution in [0, 0.1) is 6.92 Å². The third kappa shape index (κ3) is 3.55. The molecule has 0 bridgehead atoms. The molecule has 0 radical (unpaired) electrons.